The maximum absolute atomic E-state index is 6.27. The molecule has 2 saturated carbocycles. The monoisotopic (exact) mass is 225 g/mol. The highest BCUT2D eigenvalue weighted by Crippen LogP contribution is 2.28. The highest BCUT2D eigenvalue weighted by atomic mass is 16.5. The Bertz CT molecular complexity index is 191. The maximum atomic E-state index is 6.27. The second-order valence-electron chi connectivity index (χ2n) is 5.38. The predicted octanol–water partition coefficient (Wildman–Crippen LogP) is 3.26. The van der Waals surface area contributed by atoms with Crippen LogP contribution in [0.4, 0.5) is 0 Å². The first kappa shape index (κ1) is 12.4. The second-order valence-corrected chi connectivity index (χ2v) is 5.38. The Kier molecular flexibility index (Phi) is 5.11. The van der Waals surface area contributed by atoms with Gasteiger partial charge in [-0.05, 0) is 38.6 Å². The zero-order valence-electron chi connectivity index (χ0n) is 10.7. The number of ether oxygens (including phenoxy) is 1. The standard InChI is InChI=1S/C14H27NO/c1-2-15-13-10-5-3-4-6-11-14(13)16-12-8-7-9-12/h12-15H,2-11H2,1H3. The van der Waals surface area contributed by atoms with Crippen LogP contribution in [0.3, 0.4) is 0 Å². The molecule has 0 aromatic heterocycles. The molecule has 2 rings (SSSR count). The minimum atomic E-state index is 0.491. The van der Waals surface area contributed by atoms with E-state index in [4.69, 9.17) is 4.74 Å². The molecule has 2 heteroatoms. The Morgan fingerprint density at radius 2 is 1.69 bits per heavy atom. The largest absolute Gasteiger partial charge is 0.373 e. The van der Waals surface area contributed by atoms with E-state index in [1.54, 1.807) is 0 Å². The van der Waals surface area contributed by atoms with E-state index in [0.717, 1.165) is 6.54 Å². The molecule has 0 aromatic rings. The molecule has 0 radical (unpaired) electrons. The van der Waals surface area contributed by atoms with E-state index in [1.807, 2.05) is 0 Å². The molecule has 0 heterocycles. The van der Waals surface area contributed by atoms with Gasteiger partial charge in [0, 0.05) is 6.04 Å². The van der Waals surface area contributed by atoms with Crippen molar-refractivity contribution in [3.05, 3.63) is 0 Å². The first-order valence-corrected chi connectivity index (χ1v) is 7.29. The molecule has 2 aliphatic rings. The van der Waals surface area contributed by atoms with Crippen LogP contribution in [-0.4, -0.2) is 24.8 Å². The molecule has 0 bridgehead atoms. The van der Waals surface area contributed by atoms with Crippen LogP contribution in [0.25, 0.3) is 0 Å². The number of likely N-dealkylation sites (N-methyl/N-ethyl adjacent to an activating group) is 1. The minimum Gasteiger partial charge on any atom is -0.373 e. The molecule has 1 N–H and O–H groups in total. The van der Waals surface area contributed by atoms with Crippen LogP contribution in [0.15, 0.2) is 0 Å². The molecule has 0 amide bonds. The molecule has 0 saturated heterocycles. The van der Waals surface area contributed by atoms with Gasteiger partial charge < -0.3 is 10.1 Å². The van der Waals surface area contributed by atoms with E-state index < -0.39 is 0 Å². The summed E-state index contributed by atoms with van der Waals surface area (Å²) in [5.41, 5.74) is 0. The molecule has 16 heavy (non-hydrogen) atoms. The van der Waals surface area contributed by atoms with Crippen molar-refractivity contribution >= 4 is 0 Å². The zero-order valence-corrected chi connectivity index (χ0v) is 10.7. The smallest absolute Gasteiger partial charge is 0.0731 e. The van der Waals surface area contributed by atoms with Gasteiger partial charge in [0.25, 0.3) is 0 Å². The Morgan fingerprint density at radius 1 is 0.938 bits per heavy atom. The maximum Gasteiger partial charge on any atom is 0.0731 e. The molecule has 2 nitrogen and oxygen atoms in total. The molecule has 0 aromatic carbocycles. The van der Waals surface area contributed by atoms with Gasteiger partial charge >= 0.3 is 0 Å². The number of nitrogens with one attached hydrogen (secondary N) is 1. The van der Waals surface area contributed by atoms with Gasteiger partial charge in [-0.25, -0.2) is 0 Å². The number of hydrogen-bond acceptors (Lipinski definition) is 2. The molecule has 0 spiro atoms. The van der Waals surface area contributed by atoms with E-state index in [-0.39, 0.29) is 0 Å². The van der Waals surface area contributed by atoms with Crippen molar-refractivity contribution in [3.63, 3.8) is 0 Å². The van der Waals surface area contributed by atoms with Crippen molar-refractivity contribution in [2.45, 2.75) is 83.0 Å². The molecular formula is C14H27NO. The van der Waals surface area contributed by atoms with Crippen LogP contribution < -0.4 is 5.32 Å². The Labute approximate surface area is 100 Å². The van der Waals surface area contributed by atoms with Gasteiger partial charge in [-0.1, -0.05) is 32.6 Å². The van der Waals surface area contributed by atoms with Crippen LogP contribution in [0.2, 0.25) is 0 Å². The van der Waals surface area contributed by atoms with E-state index in [1.165, 1.54) is 57.8 Å². The van der Waals surface area contributed by atoms with Crippen LogP contribution in [0.1, 0.15) is 64.7 Å². The van der Waals surface area contributed by atoms with Crippen LogP contribution >= 0.6 is 0 Å². The lowest BCUT2D eigenvalue weighted by Gasteiger charge is -2.36. The van der Waals surface area contributed by atoms with Crippen molar-refractivity contribution in [2.75, 3.05) is 6.54 Å². The number of rotatable bonds is 4. The fraction of sp³-hybridized carbons (Fsp3) is 1.00. The third-order valence-electron chi connectivity index (χ3n) is 4.09. The third-order valence-corrected chi connectivity index (χ3v) is 4.09. The third kappa shape index (κ3) is 3.46. The lowest BCUT2D eigenvalue weighted by molar-refractivity contribution is -0.0728. The molecule has 2 unspecified atom stereocenters. The Morgan fingerprint density at radius 3 is 2.31 bits per heavy atom. The summed E-state index contributed by atoms with van der Waals surface area (Å²) in [7, 11) is 0. The second kappa shape index (κ2) is 6.61. The van der Waals surface area contributed by atoms with Gasteiger partial charge in [0.05, 0.1) is 12.2 Å². The minimum absolute atomic E-state index is 0.491. The summed E-state index contributed by atoms with van der Waals surface area (Å²) >= 11 is 0. The van der Waals surface area contributed by atoms with E-state index >= 15 is 0 Å². The predicted molar refractivity (Wildman–Crippen MR) is 67.7 cm³/mol. The van der Waals surface area contributed by atoms with Gasteiger partial charge in [-0.2, -0.15) is 0 Å². The van der Waals surface area contributed by atoms with Gasteiger partial charge in [0.15, 0.2) is 0 Å². The topological polar surface area (TPSA) is 21.3 Å². The molecule has 0 aliphatic heterocycles. The Balaban J connectivity index is 1.84. The zero-order chi connectivity index (χ0) is 11.2. The van der Waals surface area contributed by atoms with Gasteiger partial charge in [0.1, 0.15) is 0 Å². The van der Waals surface area contributed by atoms with Crippen LogP contribution in [-0.2, 0) is 4.74 Å². The van der Waals surface area contributed by atoms with Gasteiger partial charge in [0.2, 0.25) is 0 Å². The summed E-state index contributed by atoms with van der Waals surface area (Å²) < 4.78 is 6.27. The summed E-state index contributed by atoms with van der Waals surface area (Å²) in [5.74, 6) is 0. The number of hydrogen-bond donors (Lipinski definition) is 1. The molecule has 2 atom stereocenters. The Hall–Kier alpha value is -0.0800. The first-order valence-electron chi connectivity index (χ1n) is 7.29. The summed E-state index contributed by atoms with van der Waals surface area (Å²) in [6.07, 6.45) is 13.2. The van der Waals surface area contributed by atoms with Crippen molar-refractivity contribution in [2.24, 2.45) is 0 Å². The lowest BCUT2D eigenvalue weighted by atomic mass is 9.92. The fourth-order valence-corrected chi connectivity index (χ4v) is 2.86. The van der Waals surface area contributed by atoms with Crippen LogP contribution in [0, 0.1) is 0 Å². The SMILES string of the molecule is CCNC1CCCCCCC1OC1CCC1. The lowest BCUT2D eigenvalue weighted by Crippen LogP contribution is -2.44. The van der Waals surface area contributed by atoms with Crippen molar-refractivity contribution in [1.29, 1.82) is 0 Å². The molecule has 94 valence electrons. The highest BCUT2D eigenvalue weighted by molar-refractivity contribution is 4.82. The fourth-order valence-electron chi connectivity index (χ4n) is 2.86. The van der Waals surface area contributed by atoms with E-state index in [9.17, 15) is 0 Å². The van der Waals surface area contributed by atoms with E-state index in [2.05, 4.69) is 12.2 Å². The molecule has 2 aliphatic carbocycles. The summed E-state index contributed by atoms with van der Waals surface area (Å²) in [5, 5.41) is 3.63. The highest BCUT2D eigenvalue weighted by Gasteiger charge is 2.28. The average Bonchev–Trinajstić information content (AvgIpc) is 2.19. The summed E-state index contributed by atoms with van der Waals surface area (Å²) in [6, 6.07) is 0.617. The average molecular weight is 225 g/mol. The van der Waals surface area contributed by atoms with Crippen molar-refractivity contribution in [3.8, 4) is 0 Å². The van der Waals surface area contributed by atoms with Gasteiger partial charge in [-0.15, -0.1) is 0 Å². The van der Waals surface area contributed by atoms with Crippen LogP contribution in [0.5, 0.6) is 0 Å². The molecular weight excluding hydrogens is 198 g/mol. The molecule has 2 fully saturated rings. The summed E-state index contributed by atoms with van der Waals surface area (Å²) in [4.78, 5) is 0. The van der Waals surface area contributed by atoms with Crippen molar-refractivity contribution < 1.29 is 4.74 Å². The quantitative estimate of drug-likeness (QED) is 0.793. The normalized spacial score (nSPS) is 32.8. The first-order chi connectivity index (χ1) is 7.90. The van der Waals surface area contributed by atoms with Crippen molar-refractivity contribution in [1.82, 2.24) is 5.32 Å². The summed E-state index contributed by atoms with van der Waals surface area (Å²) in [6.45, 7) is 3.29. The van der Waals surface area contributed by atoms with Gasteiger partial charge in [-0.3, -0.25) is 0 Å². The van der Waals surface area contributed by atoms with E-state index in [0.29, 0.717) is 18.2 Å².